The molecule has 0 aliphatic carbocycles. The van der Waals surface area contributed by atoms with Gasteiger partial charge in [-0.1, -0.05) is 31.5 Å². The first-order valence-electron chi connectivity index (χ1n) is 10.9. The number of rotatable bonds is 9. The second-order valence-corrected chi connectivity index (χ2v) is 8.31. The number of nitrogens with one attached hydrogen (secondary N) is 1. The molecule has 2 aromatic carbocycles. The van der Waals surface area contributed by atoms with E-state index in [1.54, 1.807) is 59.6 Å². The number of aromatic nitrogens is 1. The maximum absolute atomic E-state index is 13.7. The van der Waals surface area contributed by atoms with E-state index >= 15 is 0 Å². The van der Waals surface area contributed by atoms with Crippen LogP contribution in [0.15, 0.2) is 72.9 Å². The molecule has 1 heterocycles. The number of hydrogen-bond acceptors (Lipinski definition) is 4. The number of nitrogens with zero attached hydrogens (tertiary/aromatic N) is 2. The number of hydrogen-bond donors (Lipinski definition) is 1. The lowest BCUT2D eigenvalue weighted by molar-refractivity contribution is -0.121. The van der Waals surface area contributed by atoms with Crippen molar-refractivity contribution >= 4 is 29.1 Å². The first-order chi connectivity index (χ1) is 15.9. The summed E-state index contributed by atoms with van der Waals surface area (Å²) in [6, 6.07) is 18.7. The smallest absolute Gasteiger partial charge is 0.251 e. The van der Waals surface area contributed by atoms with E-state index in [1.807, 2.05) is 39.0 Å². The van der Waals surface area contributed by atoms with Gasteiger partial charge in [-0.3, -0.25) is 14.6 Å². The summed E-state index contributed by atoms with van der Waals surface area (Å²) in [5, 5.41) is 3.49. The number of anilines is 1. The van der Waals surface area contributed by atoms with Gasteiger partial charge in [-0.2, -0.15) is 0 Å². The van der Waals surface area contributed by atoms with E-state index < -0.39 is 6.04 Å². The molecule has 0 saturated carbocycles. The quantitative estimate of drug-likeness (QED) is 0.476. The Hall–Kier alpha value is -3.38. The average Bonchev–Trinajstić information content (AvgIpc) is 2.82. The highest BCUT2D eigenvalue weighted by Crippen LogP contribution is 2.22. The number of benzene rings is 2. The molecule has 3 rings (SSSR count). The maximum atomic E-state index is 13.7. The summed E-state index contributed by atoms with van der Waals surface area (Å²) in [6.45, 7) is 6.52. The number of amides is 2. The third-order valence-corrected chi connectivity index (χ3v) is 5.35. The van der Waals surface area contributed by atoms with Gasteiger partial charge in [-0.05, 0) is 73.5 Å². The van der Waals surface area contributed by atoms with Gasteiger partial charge in [0.25, 0.3) is 5.91 Å². The summed E-state index contributed by atoms with van der Waals surface area (Å²) in [7, 11) is 0. The molecule has 0 aliphatic rings. The molecule has 0 radical (unpaired) electrons. The van der Waals surface area contributed by atoms with Crippen molar-refractivity contribution in [3.63, 3.8) is 0 Å². The molecular formula is C26H28ClN3O3. The highest BCUT2D eigenvalue weighted by atomic mass is 35.5. The zero-order valence-electron chi connectivity index (χ0n) is 19.0. The maximum Gasteiger partial charge on any atom is 0.251 e. The minimum Gasteiger partial charge on any atom is -0.494 e. The summed E-state index contributed by atoms with van der Waals surface area (Å²) >= 11 is 6.05. The zero-order chi connectivity index (χ0) is 23.8. The molecule has 0 aliphatic heterocycles. The van der Waals surface area contributed by atoms with E-state index in [0.717, 1.165) is 5.69 Å². The van der Waals surface area contributed by atoms with Gasteiger partial charge < -0.3 is 15.0 Å². The van der Waals surface area contributed by atoms with Gasteiger partial charge in [0.2, 0.25) is 5.91 Å². The molecule has 0 spiro atoms. The zero-order valence-corrected chi connectivity index (χ0v) is 19.8. The number of halogens is 1. The minimum atomic E-state index is -0.733. The van der Waals surface area contributed by atoms with Crippen LogP contribution in [-0.2, 0) is 11.3 Å². The van der Waals surface area contributed by atoms with Crippen LogP contribution < -0.4 is 15.0 Å². The molecule has 0 fully saturated rings. The SMILES string of the molecule is CCOc1ccc(C(=O)NC(C(=O)N(Cc2ccccn2)c2ccc(Cl)cc2)C(C)C)cc1. The van der Waals surface area contributed by atoms with Crippen molar-refractivity contribution in [3.8, 4) is 5.75 Å². The molecule has 1 unspecified atom stereocenters. The second kappa shape index (κ2) is 11.5. The molecule has 6 nitrogen and oxygen atoms in total. The first-order valence-corrected chi connectivity index (χ1v) is 11.3. The van der Waals surface area contributed by atoms with Gasteiger partial charge in [0.05, 0.1) is 18.8 Å². The fraction of sp³-hybridized carbons (Fsp3) is 0.269. The summed E-state index contributed by atoms with van der Waals surface area (Å²) < 4.78 is 5.44. The van der Waals surface area contributed by atoms with Crippen LogP contribution in [-0.4, -0.2) is 29.4 Å². The second-order valence-electron chi connectivity index (χ2n) is 7.87. The van der Waals surface area contributed by atoms with E-state index in [0.29, 0.717) is 28.6 Å². The van der Waals surface area contributed by atoms with Crippen molar-refractivity contribution < 1.29 is 14.3 Å². The molecule has 33 heavy (non-hydrogen) atoms. The van der Waals surface area contributed by atoms with Crippen molar-refractivity contribution in [2.45, 2.75) is 33.4 Å². The molecule has 172 valence electrons. The van der Waals surface area contributed by atoms with Gasteiger partial charge in [0, 0.05) is 22.5 Å². The number of ether oxygens (including phenoxy) is 1. The van der Waals surface area contributed by atoms with Crippen LogP contribution in [0.4, 0.5) is 5.69 Å². The van der Waals surface area contributed by atoms with Crippen LogP contribution in [0.1, 0.15) is 36.8 Å². The summed E-state index contributed by atoms with van der Waals surface area (Å²) in [5.74, 6) is 0.00810. The number of carbonyl (C=O) groups is 2. The molecule has 1 atom stereocenters. The molecule has 0 saturated heterocycles. The molecule has 2 amide bonds. The Morgan fingerprint density at radius 1 is 1.03 bits per heavy atom. The summed E-state index contributed by atoms with van der Waals surface area (Å²) in [4.78, 5) is 32.6. The molecule has 0 bridgehead atoms. The number of pyridine rings is 1. The Morgan fingerprint density at radius 2 is 1.73 bits per heavy atom. The topological polar surface area (TPSA) is 71.5 Å². The summed E-state index contributed by atoms with van der Waals surface area (Å²) in [5.41, 5.74) is 1.87. The number of carbonyl (C=O) groups excluding carboxylic acids is 2. The van der Waals surface area contributed by atoms with Gasteiger partial charge >= 0.3 is 0 Å². The van der Waals surface area contributed by atoms with Gasteiger partial charge in [0.1, 0.15) is 11.8 Å². The third-order valence-electron chi connectivity index (χ3n) is 5.10. The van der Waals surface area contributed by atoms with Crippen LogP contribution in [0.5, 0.6) is 5.75 Å². The molecule has 1 N–H and O–H groups in total. The fourth-order valence-electron chi connectivity index (χ4n) is 3.35. The normalized spacial score (nSPS) is 11.7. The Kier molecular flexibility index (Phi) is 8.44. The average molecular weight is 466 g/mol. The highest BCUT2D eigenvalue weighted by molar-refractivity contribution is 6.30. The van der Waals surface area contributed by atoms with E-state index in [-0.39, 0.29) is 24.3 Å². The lowest BCUT2D eigenvalue weighted by Crippen LogP contribution is -2.51. The van der Waals surface area contributed by atoms with Crippen molar-refractivity contribution in [3.05, 3.63) is 89.2 Å². The van der Waals surface area contributed by atoms with Gasteiger partial charge in [-0.25, -0.2) is 0 Å². The predicted molar refractivity (Wildman–Crippen MR) is 131 cm³/mol. The summed E-state index contributed by atoms with van der Waals surface area (Å²) in [6.07, 6.45) is 1.69. The molecule has 7 heteroatoms. The van der Waals surface area contributed by atoms with Crippen LogP contribution in [0.3, 0.4) is 0 Å². The van der Waals surface area contributed by atoms with Crippen molar-refractivity contribution in [2.24, 2.45) is 5.92 Å². The van der Waals surface area contributed by atoms with Crippen molar-refractivity contribution in [1.29, 1.82) is 0 Å². The van der Waals surface area contributed by atoms with Gasteiger partial charge in [0.15, 0.2) is 0 Å². The van der Waals surface area contributed by atoms with Gasteiger partial charge in [-0.15, -0.1) is 0 Å². The lowest BCUT2D eigenvalue weighted by Gasteiger charge is -2.30. The highest BCUT2D eigenvalue weighted by Gasteiger charge is 2.30. The van der Waals surface area contributed by atoms with Crippen LogP contribution >= 0.6 is 11.6 Å². The standard InChI is InChI=1S/C26H28ClN3O3/c1-4-33-23-14-8-19(9-15-23)25(31)29-24(18(2)3)26(32)30(17-21-7-5-6-16-28-21)22-12-10-20(27)11-13-22/h5-16,18,24H,4,17H2,1-3H3,(H,29,31). The molecular weight excluding hydrogens is 438 g/mol. The van der Waals surface area contributed by atoms with E-state index in [1.165, 1.54) is 0 Å². The lowest BCUT2D eigenvalue weighted by atomic mass is 10.0. The van der Waals surface area contributed by atoms with Crippen LogP contribution in [0.25, 0.3) is 0 Å². The van der Waals surface area contributed by atoms with Crippen molar-refractivity contribution in [1.82, 2.24) is 10.3 Å². The Morgan fingerprint density at radius 3 is 2.30 bits per heavy atom. The Labute approximate surface area is 199 Å². The monoisotopic (exact) mass is 465 g/mol. The van der Waals surface area contributed by atoms with Crippen LogP contribution in [0.2, 0.25) is 5.02 Å². The first kappa shape index (κ1) is 24.3. The fourth-order valence-corrected chi connectivity index (χ4v) is 3.47. The molecule has 3 aromatic rings. The Bertz CT molecular complexity index is 1050. The third kappa shape index (κ3) is 6.56. The van der Waals surface area contributed by atoms with Crippen molar-refractivity contribution in [2.75, 3.05) is 11.5 Å². The molecule has 1 aromatic heterocycles. The Balaban J connectivity index is 1.85. The van der Waals surface area contributed by atoms with Crippen LogP contribution in [0, 0.1) is 5.92 Å². The van der Waals surface area contributed by atoms with E-state index in [9.17, 15) is 9.59 Å². The minimum absolute atomic E-state index is 0.136. The van der Waals surface area contributed by atoms with E-state index in [4.69, 9.17) is 16.3 Å². The predicted octanol–water partition coefficient (Wildman–Crippen LogP) is 5.12. The van der Waals surface area contributed by atoms with E-state index in [2.05, 4.69) is 10.3 Å². The largest absolute Gasteiger partial charge is 0.494 e.